The second kappa shape index (κ2) is 6.56. The molecule has 2 atom stereocenters. The first-order valence-electron chi connectivity index (χ1n) is 6.98. The monoisotopic (exact) mass is 298 g/mol. The van der Waals surface area contributed by atoms with Gasteiger partial charge < -0.3 is 10.4 Å². The van der Waals surface area contributed by atoms with E-state index in [1.165, 1.54) is 19.9 Å². The molecule has 6 heteroatoms. The van der Waals surface area contributed by atoms with Gasteiger partial charge in [0.2, 0.25) is 10.0 Å². The van der Waals surface area contributed by atoms with E-state index in [-0.39, 0.29) is 23.5 Å². The first-order chi connectivity index (χ1) is 9.56. The van der Waals surface area contributed by atoms with Crippen LogP contribution in [0.1, 0.15) is 25.7 Å². The molecule has 1 aliphatic carbocycles. The molecule has 1 saturated carbocycles. The molecule has 20 heavy (non-hydrogen) atoms. The first kappa shape index (κ1) is 15.3. The maximum absolute atomic E-state index is 11.6. The number of hydrogen-bond donors (Lipinski definition) is 3. The van der Waals surface area contributed by atoms with Crippen molar-refractivity contribution in [3.05, 3.63) is 24.3 Å². The van der Waals surface area contributed by atoms with Crippen LogP contribution in [0.4, 0.5) is 5.69 Å². The number of anilines is 1. The number of sulfonamides is 1. The molecular formula is C14H22N2O3S. The lowest BCUT2D eigenvalue weighted by molar-refractivity contribution is 0.178. The third-order valence-electron chi connectivity index (χ3n) is 3.93. The van der Waals surface area contributed by atoms with E-state index in [0.717, 1.165) is 18.5 Å². The topological polar surface area (TPSA) is 78.4 Å². The van der Waals surface area contributed by atoms with Gasteiger partial charge in [-0.3, -0.25) is 0 Å². The minimum absolute atomic E-state index is 0.198. The summed E-state index contributed by atoms with van der Waals surface area (Å²) in [6.45, 7) is 0.198. The second-order valence-electron chi connectivity index (χ2n) is 5.21. The molecule has 0 amide bonds. The Bertz CT molecular complexity index is 528. The maximum Gasteiger partial charge on any atom is 0.240 e. The molecule has 1 fully saturated rings. The molecule has 0 spiro atoms. The maximum atomic E-state index is 11.6. The number of rotatable bonds is 5. The van der Waals surface area contributed by atoms with Gasteiger partial charge in [0.15, 0.2) is 0 Å². The fourth-order valence-corrected chi connectivity index (χ4v) is 3.41. The van der Waals surface area contributed by atoms with Gasteiger partial charge in [-0.2, -0.15) is 0 Å². The van der Waals surface area contributed by atoms with E-state index in [4.69, 9.17) is 0 Å². The largest absolute Gasteiger partial charge is 0.396 e. The van der Waals surface area contributed by atoms with Crippen LogP contribution >= 0.6 is 0 Å². The van der Waals surface area contributed by atoms with Crippen LogP contribution in [0.3, 0.4) is 0 Å². The summed E-state index contributed by atoms with van der Waals surface area (Å²) in [5.74, 6) is 0.282. The summed E-state index contributed by atoms with van der Waals surface area (Å²) in [5.41, 5.74) is 0.894. The van der Waals surface area contributed by atoms with Crippen molar-refractivity contribution in [1.82, 2.24) is 4.72 Å². The van der Waals surface area contributed by atoms with Crippen LogP contribution in [0.2, 0.25) is 0 Å². The number of aliphatic hydroxyl groups is 1. The van der Waals surface area contributed by atoms with E-state index < -0.39 is 10.0 Å². The molecule has 0 aromatic heterocycles. The second-order valence-corrected chi connectivity index (χ2v) is 7.10. The van der Waals surface area contributed by atoms with Crippen molar-refractivity contribution in [2.24, 2.45) is 5.92 Å². The van der Waals surface area contributed by atoms with E-state index in [1.54, 1.807) is 24.3 Å². The van der Waals surface area contributed by atoms with Crippen LogP contribution in [-0.2, 0) is 10.0 Å². The number of hydrogen-bond acceptors (Lipinski definition) is 4. The molecular weight excluding hydrogens is 276 g/mol. The normalized spacial score (nSPS) is 23.5. The van der Waals surface area contributed by atoms with Crippen LogP contribution in [-0.4, -0.2) is 33.2 Å². The van der Waals surface area contributed by atoms with Gasteiger partial charge in [0.05, 0.1) is 4.90 Å². The lowest BCUT2D eigenvalue weighted by atomic mass is 9.85. The third kappa shape index (κ3) is 3.50. The molecule has 2 rings (SSSR count). The van der Waals surface area contributed by atoms with Crippen LogP contribution in [0.5, 0.6) is 0 Å². The predicted molar refractivity (Wildman–Crippen MR) is 79.1 cm³/mol. The average Bonchev–Trinajstić information content (AvgIpc) is 2.48. The smallest absolute Gasteiger partial charge is 0.240 e. The van der Waals surface area contributed by atoms with Crippen molar-refractivity contribution >= 4 is 15.7 Å². The van der Waals surface area contributed by atoms with Crippen molar-refractivity contribution in [2.45, 2.75) is 36.6 Å². The fraction of sp³-hybridized carbons (Fsp3) is 0.571. The standard InChI is InChI=1S/C14H22N2O3S/c1-15-20(18,19)13-8-6-12(7-9-13)16-14-5-3-2-4-11(14)10-17/h6-9,11,14-17H,2-5,10H2,1H3. The number of aliphatic hydroxyl groups excluding tert-OH is 1. The van der Waals surface area contributed by atoms with Gasteiger partial charge >= 0.3 is 0 Å². The van der Waals surface area contributed by atoms with Crippen LogP contribution in [0, 0.1) is 5.92 Å². The van der Waals surface area contributed by atoms with Gasteiger partial charge in [-0.05, 0) is 44.2 Å². The summed E-state index contributed by atoms with van der Waals surface area (Å²) in [7, 11) is -1.98. The third-order valence-corrected chi connectivity index (χ3v) is 5.36. The summed E-state index contributed by atoms with van der Waals surface area (Å²) in [6, 6.07) is 6.98. The lowest BCUT2D eigenvalue weighted by Gasteiger charge is -2.31. The molecule has 0 bridgehead atoms. The Morgan fingerprint density at radius 1 is 1.20 bits per heavy atom. The zero-order valence-electron chi connectivity index (χ0n) is 11.7. The van der Waals surface area contributed by atoms with Gasteiger partial charge in [-0.1, -0.05) is 12.8 Å². The van der Waals surface area contributed by atoms with Crippen molar-refractivity contribution in [1.29, 1.82) is 0 Å². The molecule has 0 aliphatic heterocycles. The van der Waals surface area contributed by atoms with Gasteiger partial charge in [-0.25, -0.2) is 13.1 Å². The highest BCUT2D eigenvalue weighted by atomic mass is 32.2. The van der Waals surface area contributed by atoms with Gasteiger partial charge in [-0.15, -0.1) is 0 Å². The Labute approximate surface area is 120 Å². The summed E-state index contributed by atoms with van der Waals surface area (Å²) < 4.78 is 25.6. The zero-order valence-corrected chi connectivity index (χ0v) is 12.5. The van der Waals surface area contributed by atoms with Crippen LogP contribution in [0.25, 0.3) is 0 Å². The minimum Gasteiger partial charge on any atom is -0.396 e. The summed E-state index contributed by atoms with van der Waals surface area (Å²) in [4.78, 5) is 0.257. The quantitative estimate of drug-likeness (QED) is 0.771. The molecule has 1 aromatic carbocycles. The Balaban J connectivity index is 2.07. The van der Waals surface area contributed by atoms with Crippen molar-refractivity contribution < 1.29 is 13.5 Å². The van der Waals surface area contributed by atoms with Gasteiger partial charge in [0, 0.05) is 24.3 Å². The SMILES string of the molecule is CNS(=O)(=O)c1ccc(NC2CCCCC2CO)cc1. The van der Waals surface area contributed by atoms with E-state index in [9.17, 15) is 13.5 Å². The summed E-state index contributed by atoms with van der Waals surface area (Å²) >= 11 is 0. The Hall–Kier alpha value is -1.11. The average molecular weight is 298 g/mol. The molecule has 0 saturated heterocycles. The Morgan fingerprint density at radius 3 is 2.45 bits per heavy atom. The van der Waals surface area contributed by atoms with Crippen LogP contribution in [0.15, 0.2) is 29.2 Å². The highest BCUT2D eigenvalue weighted by Gasteiger charge is 2.24. The van der Waals surface area contributed by atoms with E-state index >= 15 is 0 Å². The van der Waals surface area contributed by atoms with Crippen molar-refractivity contribution in [3.63, 3.8) is 0 Å². The van der Waals surface area contributed by atoms with E-state index in [2.05, 4.69) is 10.0 Å². The minimum atomic E-state index is -3.38. The Morgan fingerprint density at radius 2 is 1.85 bits per heavy atom. The summed E-state index contributed by atoms with van der Waals surface area (Å²) in [5, 5.41) is 12.8. The van der Waals surface area contributed by atoms with Crippen LogP contribution < -0.4 is 10.0 Å². The van der Waals surface area contributed by atoms with E-state index in [1.807, 2.05) is 0 Å². The number of nitrogens with one attached hydrogen (secondary N) is 2. The molecule has 0 heterocycles. The van der Waals surface area contributed by atoms with Gasteiger partial charge in [0.25, 0.3) is 0 Å². The molecule has 3 N–H and O–H groups in total. The highest BCUT2D eigenvalue weighted by Crippen LogP contribution is 2.27. The molecule has 0 radical (unpaired) electrons. The fourth-order valence-electron chi connectivity index (χ4n) is 2.68. The lowest BCUT2D eigenvalue weighted by Crippen LogP contribution is -2.34. The van der Waals surface area contributed by atoms with E-state index in [0.29, 0.717) is 0 Å². The summed E-state index contributed by atoms with van der Waals surface area (Å²) in [6.07, 6.45) is 4.42. The van der Waals surface area contributed by atoms with Crippen molar-refractivity contribution in [3.8, 4) is 0 Å². The molecule has 5 nitrogen and oxygen atoms in total. The molecule has 1 aliphatic rings. The molecule has 1 aromatic rings. The zero-order chi connectivity index (χ0) is 14.6. The molecule has 112 valence electrons. The predicted octanol–water partition coefficient (Wildman–Crippen LogP) is 1.56. The Kier molecular flexibility index (Phi) is 5.01. The molecule has 2 unspecified atom stereocenters. The van der Waals surface area contributed by atoms with Crippen molar-refractivity contribution in [2.75, 3.05) is 19.0 Å². The van der Waals surface area contributed by atoms with Gasteiger partial charge in [0.1, 0.15) is 0 Å². The number of benzene rings is 1. The highest BCUT2D eigenvalue weighted by molar-refractivity contribution is 7.89. The first-order valence-corrected chi connectivity index (χ1v) is 8.46.